The van der Waals surface area contributed by atoms with E-state index in [2.05, 4.69) is 28.4 Å². The van der Waals surface area contributed by atoms with E-state index in [1.807, 2.05) is 42.5 Å². The summed E-state index contributed by atoms with van der Waals surface area (Å²) in [4.78, 5) is 30.5. The van der Waals surface area contributed by atoms with Crippen molar-refractivity contribution < 1.29 is 14.3 Å². The molecular formula is C24H21N3O3S. The highest BCUT2D eigenvalue weighted by atomic mass is 32.2. The number of aromatic nitrogens is 1. The summed E-state index contributed by atoms with van der Waals surface area (Å²) in [5.74, 6) is 1.42. The Morgan fingerprint density at radius 2 is 1.94 bits per heavy atom. The van der Waals surface area contributed by atoms with E-state index in [4.69, 9.17) is 9.72 Å². The zero-order chi connectivity index (χ0) is 21.2. The van der Waals surface area contributed by atoms with Crippen molar-refractivity contribution in [3.8, 4) is 5.75 Å². The number of carbonyl (C=O) groups is 2. The zero-order valence-corrected chi connectivity index (χ0v) is 17.6. The molecule has 7 heteroatoms. The maximum atomic E-state index is 11.7. The van der Waals surface area contributed by atoms with E-state index in [-0.39, 0.29) is 17.2 Å². The third-order valence-corrected chi connectivity index (χ3v) is 6.33. The summed E-state index contributed by atoms with van der Waals surface area (Å²) in [6, 6.07) is 20.2. The summed E-state index contributed by atoms with van der Waals surface area (Å²) in [7, 11) is 0. The number of anilines is 1. The lowest BCUT2D eigenvalue weighted by atomic mass is 10.2. The molecule has 2 aliphatic rings. The van der Waals surface area contributed by atoms with Gasteiger partial charge in [0.05, 0.1) is 16.5 Å². The van der Waals surface area contributed by atoms with Crippen LogP contribution in [-0.4, -0.2) is 35.3 Å². The number of para-hydroxylation sites is 1. The van der Waals surface area contributed by atoms with Crippen LogP contribution in [0.1, 0.15) is 18.4 Å². The summed E-state index contributed by atoms with van der Waals surface area (Å²) >= 11 is 0.917. The van der Waals surface area contributed by atoms with Crippen molar-refractivity contribution in [2.75, 3.05) is 18.1 Å². The molecule has 3 heterocycles. The Morgan fingerprint density at radius 3 is 2.74 bits per heavy atom. The minimum absolute atomic E-state index is 0.278. The van der Waals surface area contributed by atoms with Gasteiger partial charge in [0, 0.05) is 11.9 Å². The van der Waals surface area contributed by atoms with Gasteiger partial charge in [0.25, 0.3) is 11.1 Å². The number of hydrogen-bond acceptors (Lipinski definition) is 6. The normalized spacial score (nSPS) is 19.9. The van der Waals surface area contributed by atoms with Gasteiger partial charge in [-0.15, -0.1) is 0 Å². The number of nitrogens with zero attached hydrogens (tertiary/aromatic N) is 2. The van der Waals surface area contributed by atoms with Crippen LogP contribution in [0.5, 0.6) is 5.75 Å². The summed E-state index contributed by atoms with van der Waals surface area (Å²) in [6.07, 6.45) is 3.89. The van der Waals surface area contributed by atoms with Gasteiger partial charge in [-0.2, -0.15) is 0 Å². The van der Waals surface area contributed by atoms with Gasteiger partial charge < -0.3 is 9.64 Å². The molecule has 1 N–H and O–H groups in total. The Balaban J connectivity index is 1.24. The first-order chi connectivity index (χ1) is 15.2. The molecule has 0 spiro atoms. The fourth-order valence-corrected chi connectivity index (χ4v) is 4.63. The molecule has 5 rings (SSSR count). The van der Waals surface area contributed by atoms with Crippen LogP contribution in [0, 0.1) is 0 Å². The van der Waals surface area contributed by atoms with Gasteiger partial charge in [0.1, 0.15) is 18.2 Å². The molecular weight excluding hydrogens is 410 g/mol. The molecule has 2 aromatic carbocycles. The van der Waals surface area contributed by atoms with Gasteiger partial charge in [-0.1, -0.05) is 30.3 Å². The molecule has 3 aromatic rings. The van der Waals surface area contributed by atoms with E-state index in [1.165, 1.54) is 0 Å². The standard InChI is InChI=1S/C24H21N3O3S/c28-23-21(31-24(29)26-23)14-16-7-10-19(11-8-16)30-15-18-5-3-13-27(18)22-12-9-17-4-1-2-6-20(17)25-22/h1-2,4,6-12,14,18H,3,5,13,15H2,(H,26,28,29)/b21-14+/t18-/m0/s1. The van der Waals surface area contributed by atoms with Crippen molar-refractivity contribution in [1.82, 2.24) is 10.3 Å². The van der Waals surface area contributed by atoms with E-state index in [0.29, 0.717) is 11.5 Å². The van der Waals surface area contributed by atoms with Crippen molar-refractivity contribution in [3.63, 3.8) is 0 Å². The molecule has 1 atom stereocenters. The highest BCUT2D eigenvalue weighted by molar-refractivity contribution is 8.18. The van der Waals surface area contributed by atoms with Gasteiger partial charge in [-0.05, 0) is 66.6 Å². The largest absolute Gasteiger partial charge is 0.491 e. The highest BCUT2D eigenvalue weighted by Gasteiger charge is 2.27. The van der Waals surface area contributed by atoms with Crippen LogP contribution < -0.4 is 15.0 Å². The van der Waals surface area contributed by atoms with Crippen molar-refractivity contribution in [2.45, 2.75) is 18.9 Å². The van der Waals surface area contributed by atoms with Crippen LogP contribution in [0.25, 0.3) is 17.0 Å². The van der Waals surface area contributed by atoms with Crippen molar-refractivity contribution in [2.24, 2.45) is 0 Å². The monoisotopic (exact) mass is 431 g/mol. The topological polar surface area (TPSA) is 71.5 Å². The zero-order valence-electron chi connectivity index (χ0n) is 16.8. The van der Waals surface area contributed by atoms with Crippen LogP contribution in [0.2, 0.25) is 0 Å². The molecule has 2 aliphatic heterocycles. The Kier molecular flexibility index (Phi) is 5.34. The van der Waals surface area contributed by atoms with E-state index >= 15 is 0 Å². The Bertz CT molecular complexity index is 1180. The quantitative estimate of drug-likeness (QED) is 0.595. The third-order valence-electron chi connectivity index (χ3n) is 5.52. The Morgan fingerprint density at radius 1 is 1.10 bits per heavy atom. The van der Waals surface area contributed by atoms with Crippen LogP contribution >= 0.6 is 11.8 Å². The molecule has 0 unspecified atom stereocenters. The lowest BCUT2D eigenvalue weighted by Gasteiger charge is -2.26. The number of rotatable bonds is 5. The second-order valence-corrected chi connectivity index (χ2v) is 8.60. The second kappa shape index (κ2) is 8.43. The van der Waals surface area contributed by atoms with E-state index in [9.17, 15) is 9.59 Å². The predicted molar refractivity (Wildman–Crippen MR) is 123 cm³/mol. The van der Waals surface area contributed by atoms with Crippen LogP contribution in [-0.2, 0) is 4.79 Å². The van der Waals surface area contributed by atoms with Gasteiger partial charge in [0.2, 0.25) is 0 Å². The van der Waals surface area contributed by atoms with E-state index in [0.717, 1.165) is 59.2 Å². The van der Waals surface area contributed by atoms with Crippen LogP contribution in [0.4, 0.5) is 10.6 Å². The molecule has 1 aromatic heterocycles. The summed E-state index contributed by atoms with van der Waals surface area (Å²) in [5, 5.41) is 3.07. The first-order valence-electron chi connectivity index (χ1n) is 10.3. The Labute approximate surface area is 184 Å². The number of imide groups is 1. The SMILES string of the molecule is O=C1NC(=O)/C(=C\c2ccc(OC[C@@H]3CCCN3c3ccc4ccccc4n3)cc2)S1. The predicted octanol–water partition coefficient (Wildman–Crippen LogP) is 4.61. The first-order valence-corrected chi connectivity index (χ1v) is 11.1. The molecule has 2 amide bonds. The fraction of sp³-hybridized carbons (Fsp3) is 0.208. The third kappa shape index (κ3) is 4.27. The summed E-state index contributed by atoms with van der Waals surface area (Å²) < 4.78 is 6.06. The number of hydrogen-bond donors (Lipinski definition) is 1. The summed E-state index contributed by atoms with van der Waals surface area (Å²) in [6.45, 7) is 1.56. The minimum Gasteiger partial charge on any atom is -0.491 e. The smallest absolute Gasteiger partial charge is 0.290 e. The van der Waals surface area contributed by atoms with Crippen molar-refractivity contribution in [3.05, 3.63) is 71.1 Å². The Hall–Kier alpha value is -3.32. The molecule has 0 saturated carbocycles. The molecule has 0 aliphatic carbocycles. The van der Waals surface area contributed by atoms with Gasteiger partial charge in [-0.3, -0.25) is 14.9 Å². The molecule has 2 fully saturated rings. The minimum atomic E-state index is -0.348. The highest BCUT2D eigenvalue weighted by Crippen LogP contribution is 2.28. The van der Waals surface area contributed by atoms with Crippen molar-refractivity contribution >= 4 is 45.7 Å². The van der Waals surface area contributed by atoms with Crippen molar-refractivity contribution in [1.29, 1.82) is 0 Å². The number of ether oxygens (including phenoxy) is 1. The first kappa shape index (κ1) is 19.6. The molecule has 156 valence electrons. The van der Waals surface area contributed by atoms with E-state index in [1.54, 1.807) is 6.08 Å². The lowest BCUT2D eigenvalue weighted by Crippen LogP contribution is -2.34. The number of pyridine rings is 1. The molecule has 6 nitrogen and oxygen atoms in total. The maximum Gasteiger partial charge on any atom is 0.290 e. The average Bonchev–Trinajstić information content (AvgIpc) is 3.38. The number of carbonyl (C=O) groups excluding carboxylic acids is 2. The van der Waals surface area contributed by atoms with Crippen LogP contribution in [0.3, 0.4) is 0 Å². The fourth-order valence-electron chi connectivity index (χ4n) is 3.95. The summed E-state index contributed by atoms with van der Waals surface area (Å²) in [5.41, 5.74) is 1.86. The van der Waals surface area contributed by atoms with Gasteiger partial charge >= 0.3 is 0 Å². The molecule has 31 heavy (non-hydrogen) atoms. The number of fused-ring (bicyclic) bond motifs is 1. The maximum absolute atomic E-state index is 11.7. The van der Waals surface area contributed by atoms with Crippen LogP contribution in [0.15, 0.2) is 65.6 Å². The number of benzene rings is 2. The molecule has 2 saturated heterocycles. The second-order valence-electron chi connectivity index (χ2n) is 7.58. The van der Waals surface area contributed by atoms with Gasteiger partial charge in [-0.25, -0.2) is 4.98 Å². The average molecular weight is 432 g/mol. The number of nitrogens with one attached hydrogen (secondary N) is 1. The molecule has 0 bridgehead atoms. The number of amides is 2. The lowest BCUT2D eigenvalue weighted by molar-refractivity contribution is -0.115. The van der Waals surface area contributed by atoms with E-state index < -0.39 is 0 Å². The van der Waals surface area contributed by atoms with Gasteiger partial charge in [0.15, 0.2) is 0 Å². The molecule has 0 radical (unpaired) electrons. The number of thioether (sulfide) groups is 1.